The minimum Gasteiger partial charge on any atom is -0.435 e. The van der Waals surface area contributed by atoms with Gasteiger partial charge >= 0.3 is 6.61 Å². The third-order valence-electron chi connectivity index (χ3n) is 4.52. The van der Waals surface area contributed by atoms with E-state index in [1.165, 1.54) is 23.9 Å². The van der Waals surface area contributed by atoms with Crippen molar-refractivity contribution in [2.24, 2.45) is 0 Å². The molecule has 2 nitrogen and oxygen atoms in total. The van der Waals surface area contributed by atoms with E-state index in [2.05, 4.69) is 11.7 Å². The zero-order valence-corrected chi connectivity index (χ0v) is 16.7. The SMILES string of the molecule is CSc1ccc(C2CC(C)(Sc3cccc(OC(F)F)c3)CCO2)c(F)c1. The van der Waals surface area contributed by atoms with E-state index in [0.717, 1.165) is 16.2 Å². The van der Waals surface area contributed by atoms with Crippen molar-refractivity contribution >= 4 is 23.5 Å². The van der Waals surface area contributed by atoms with E-state index < -0.39 is 6.61 Å². The Morgan fingerprint density at radius 3 is 2.70 bits per heavy atom. The second-order valence-electron chi connectivity index (χ2n) is 6.61. The molecule has 3 rings (SSSR count). The van der Waals surface area contributed by atoms with Crippen molar-refractivity contribution in [3.8, 4) is 5.75 Å². The Morgan fingerprint density at radius 1 is 1.19 bits per heavy atom. The standard InChI is InChI=1S/C20H21F3O2S2/c1-20(27-15-5-3-4-13(10-15)25-19(22)23)8-9-24-18(12-20)16-7-6-14(26-2)11-17(16)21/h3-7,10-11,18-19H,8-9,12H2,1-2H3. The summed E-state index contributed by atoms with van der Waals surface area (Å²) in [5, 5.41) is 0. The van der Waals surface area contributed by atoms with Gasteiger partial charge in [0.05, 0.1) is 6.10 Å². The predicted octanol–water partition coefficient (Wildman–Crippen LogP) is 6.55. The van der Waals surface area contributed by atoms with Crippen LogP contribution in [0.15, 0.2) is 52.3 Å². The highest BCUT2D eigenvalue weighted by atomic mass is 32.2. The Kier molecular flexibility index (Phi) is 6.65. The Morgan fingerprint density at radius 2 is 2.00 bits per heavy atom. The molecular weight excluding hydrogens is 393 g/mol. The lowest BCUT2D eigenvalue weighted by atomic mass is 9.92. The van der Waals surface area contributed by atoms with Crippen LogP contribution in [0.4, 0.5) is 13.2 Å². The summed E-state index contributed by atoms with van der Waals surface area (Å²) in [4.78, 5) is 1.72. The first kappa shape index (κ1) is 20.4. The van der Waals surface area contributed by atoms with E-state index >= 15 is 0 Å². The maximum atomic E-state index is 14.5. The molecule has 1 heterocycles. The van der Waals surface area contributed by atoms with Crippen LogP contribution in [0.5, 0.6) is 5.75 Å². The van der Waals surface area contributed by atoms with Crippen LogP contribution in [0.25, 0.3) is 0 Å². The highest BCUT2D eigenvalue weighted by molar-refractivity contribution is 8.00. The van der Waals surface area contributed by atoms with Crippen molar-refractivity contribution in [2.45, 2.75) is 47.0 Å². The summed E-state index contributed by atoms with van der Waals surface area (Å²) >= 11 is 3.08. The van der Waals surface area contributed by atoms with Gasteiger partial charge in [-0.25, -0.2) is 4.39 Å². The Labute approximate surface area is 165 Å². The van der Waals surface area contributed by atoms with Crippen molar-refractivity contribution in [2.75, 3.05) is 12.9 Å². The molecule has 1 aliphatic rings. The van der Waals surface area contributed by atoms with Crippen LogP contribution in [0, 0.1) is 5.82 Å². The first-order valence-electron chi connectivity index (χ1n) is 8.57. The molecule has 2 aromatic rings. The van der Waals surface area contributed by atoms with Gasteiger partial charge in [-0.2, -0.15) is 8.78 Å². The van der Waals surface area contributed by atoms with Crippen molar-refractivity contribution in [1.29, 1.82) is 0 Å². The molecular formula is C20H21F3O2S2. The topological polar surface area (TPSA) is 18.5 Å². The summed E-state index contributed by atoms with van der Waals surface area (Å²) in [6.07, 6.45) is 3.00. The average molecular weight is 415 g/mol. The molecule has 0 amide bonds. The van der Waals surface area contributed by atoms with Crippen molar-refractivity contribution in [3.05, 3.63) is 53.8 Å². The van der Waals surface area contributed by atoms with Gasteiger partial charge in [0.1, 0.15) is 11.6 Å². The van der Waals surface area contributed by atoms with Crippen molar-refractivity contribution < 1.29 is 22.6 Å². The number of halogens is 3. The fraction of sp³-hybridized carbons (Fsp3) is 0.400. The van der Waals surface area contributed by atoms with Crippen LogP contribution < -0.4 is 4.74 Å². The molecule has 2 aromatic carbocycles. The summed E-state index contributed by atoms with van der Waals surface area (Å²) in [5.74, 6) is -0.116. The summed E-state index contributed by atoms with van der Waals surface area (Å²) in [6, 6.07) is 11.9. The van der Waals surface area contributed by atoms with Crippen LogP contribution in [-0.2, 0) is 4.74 Å². The van der Waals surface area contributed by atoms with Gasteiger partial charge in [0.25, 0.3) is 0 Å². The van der Waals surface area contributed by atoms with Crippen LogP contribution in [0.1, 0.15) is 31.4 Å². The van der Waals surface area contributed by atoms with Crippen LogP contribution >= 0.6 is 23.5 Å². The van der Waals surface area contributed by atoms with E-state index in [1.807, 2.05) is 18.4 Å². The van der Waals surface area contributed by atoms with Gasteiger partial charge in [0, 0.05) is 26.7 Å². The molecule has 146 valence electrons. The van der Waals surface area contributed by atoms with E-state index in [4.69, 9.17) is 4.74 Å². The number of benzene rings is 2. The van der Waals surface area contributed by atoms with Crippen molar-refractivity contribution in [1.82, 2.24) is 0 Å². The van der Waals surface area contributed by atoms with E-state index in [0.29, 0.717) is 18.6 Å². The largest absolute Gasteiger partial charge is 0.435 e. The zero-order valence-electron chi connectivity index (χ0n) is 15.1. The van der Waals surface area contributed by atoms with Gasteiger partial charge in [-0.1, -0.05) is 12.1 Å². The first-order chi connectivity index (χ1) is 12.9. The zero-order chi connectivity index (χ0) is 19.4. The van der Waals surface area contributed by atoms with Gasteiger partial charge in [0.2, 0.25) is 0 Å². The minimum absolute atomic E-state index is 0.140. The second kappa shape index (κ2) is 8.80. The lowest BCUT2D eigenvalue weighted by molar-refractivity contribution is -0.0499. The lowest BCUT2D eigenvalue weighted by Gasteiger charge is -2.38. The van der Waals surface area contributed by atoms with E-state index in [-0.39, 0.29) is 22.4 Å². The fourth-order valence-corrected chi connectivity index (χ4v) is 4.89. The molecule has 1 saturated heterocycles. The van der Waals surface area contributed by atoms with Gasteiger partial charge in [-0.15, -0.1) is 23.5 Å². The Bertz CT molecular complexity index is 788. The molecule has 2 unspecified atom stereocenters. The maximum Gasteiger partial charge on any atom is 0.387 e. The minimum atomic E-state index is -2.85. The molecule has 1 fully saturated rings. The quantitative estimate of drug-likeness (QED) is 0.499. The van der Waals surface area contributed by atoms with Crippen LogP contribution in [-0.4, -0.2) is 24.2 Å². The number of alkyl halides is 2. The summed E-state index contributed by atoms with van der Waals surface area (Å²) in [5.41, 5.74) is 0.564. The monoisotopic (exact) mass is 414 g/mol. The number of hydrogen-bond donors (Lipinski definition) is 0. The third-order valence-corrected chi connectivity index (χ3v) is 6.60. The van der Waals surface area contributed by atoms with Gasteiger partial charge in [-0.3, -0.25) is 0 Å². The van der Waals surface area contributed by atoms with E-state index in [1.54, 1.807) is 30.0 Å². The normalized spacial score (nSPS) is 22.8. The molecule has 0 aromatic heterocycles. The van der Waals surface area contributed by atoms with Crippen LogP contribution in [0.2, 0.25) is 0 Å². The summed E-state index contributed by atoms with van der Waals surface area (Å²) in [6.45, 7) is -0.229. The van der Waals surface area contributed by atoms with E-state index in [9.17, 15) is 13.2 Å². The Hall–Kier alpha value is -1.31. The number of thioether (sulfide) groups is 2. The fourth-order valence-electron chi connectivity index (χ4n) is 3.16. The smallest absolute Gasteiger partial charge is 0.387 e. The highest BCUT2D eigenvalue weighted by Crippen LogP contribution is 2.46. The highest BCUT2D eigenvalue weighted by Gasteiger charge is 2.35. The first-order valence-corrected chi connectivity index (χ1v) is 10.6. The second-order valence-corrected chi connectivity index (χ2v) is 9.15. The molecule has 27 heavy (non-hydrogen) atoms. The predicted molar refractivity (Wildman–Crippen MR) is 103 cm³/mol. The molecule has 0 saturated carbocycles. The Balaban J connectivity index is 1.74. The maximum absolute atomic E-state index is 14.5. The number of rotatable bonds is 6. The molecule has 0 radical (unpaired) electrons. The number of ether oxygens (including phenoxy) is 2. The van der Waals surface area contributed by atoms with Crippen molar-refractivity contribution in [3.63, 3.8) is 0 Å². The summed E-state index contributed by atoms with van der Waals surface area (Å²) < 4.78 is 49.5. The molecule has 7 heteroatoms. The van der Waals surface area contributed by atoms with Crippen LogP contribution in [0.3, 0.4) is 0 Å². The molecule has 2 atom stereocenters. The molecule has 0 aliphatic carbocycles. The van der Waals surface area contributed by atoms with Gasteiger partial charge < -0.3 is 9.47 Å². The van der Waals surface area contributed by atoms with Gasteiger partial charge in [-0.05, 0) is 56.4 Å². The number of hydrogen-bond acceptors (Lipinski definition) is 4. The van der Waals surface area contributed by atoms with Gasteiger partial charge in [0.15, 0.2) is 0 Å². The molecule has 0 spiro atoms. The lowest BCUT2D eigenvalue weighted by Crippen LogP contribution is -2.32. The third kappa shape index (κ3) is 5.36. The summed E-state index contributed by atoms with van der Waals surface area (Å²) in [7, 11) is 0. The average Bonchev–Trinajstić information content (AvgIpc) is 2.61. The molecule has 0 N–H and O–H groups in total. The molecule has 1 aliphatic heterocycles. The molecule has 0 bridgehead atoms.